The molecule has 1 saturated carbocycles. The number of carboxylic acids is 1. The number of hydrogen-bond acceptors (Lipinski definition) is 3. The van der Waals surface area contributed by atoms with Crippen molar-refractivity contribution in [1.29, 1.82) is 0 Å². The van der Waals surface area contributed by atoms with Gasteiger partial charge >= 0.3 is 5.97 Å². The van der Waals surface area contributed by atoms with Crippen molar-refractivity contribution >= 4 is 11.9 Å². The summed E-state index contributed by atoms with van der Waals surface area (Å²) in [6.45, 7) is 1.05. The van der Waals surface area contributed by atoms with E-state index in [0.717, 1.165) is 12.8 Å². The maximum Gasteiger partial charge on any atom is 0.326 e. The van der Waals surface area contributed by atoms with Gasteiger partial charge in [0.15, 0.2) is 0 Å². The summed E-state index contributed by atoms with van der Waals surface area (Å²) >= 11 is 0. The quantitative estimate of drug-likeness (QED) is 0.875. The number of nitrogens with one attached hydrogen (secondary N) is 1. The number of hydrogen-bond donors (Lipinski definition) is 2. The van der Waals surface area contributed by atoms with E-state index in [-0.39, 0.29) is 11.8 Å². The minimum Gasteiger partial charge on any atom is -0.480 e. The summed E-state index contributed by atoms with van der Waals surface area (Å²) in [6.07, 6.45) is 5.30. The molecule has 2 unspecified atom stereocenters. The Labute approximate surface area is 136 Å². The molecule has 1 heterocycles. The van der Waals surface area contributed by atoms with Crippen LogP contribution in [-0.4, -0.2) is 36.2 Å². The van der Waals surface area contributed by atoms with Crippen LogP contribution in [0.2, 0.25) is 0 Å². The lowest BCUT2D eigenvalue weighted by Crippen LogP contribution is -2.48. The van der Waals surface area contributed by atoms with Crippen LogP contribution in [0.15, 0.2) is 24.3 Å². The zero-order valence-electron chi connectivity index (χ0n) is 13.2. The van der Waals surface area contributed by atoms with E-state index in [1.807, 2.05) is 12.1 Å². The number of amides is 1. The monoisotopic (exact) mass is 317 g/mol. The number of aliphatic carboxylic acids is 1. The first-order valence-corrected chi connectivity index (χ1v) is 8.36. The highest BCUT2D eigenvalue weighted by Gasteiger charge is 2.31. The predicted molar refractivity (Wildman–Crippen MR) is 85.5 cm³/mol. The van der Waals surface area contributed by atoms with Gasteiger partial charge in [0, 0.05) is 18.1 Å². The summed E-state index contributed by atoms with van der Waals surface area (Å²) in [4.78, 5) is 23.8. The Hall–Kier alpha value is -1.88. The molecular weight excluding hydrogens is 294 g/mol. The van der Waals surface area contributed by atoms with Crippen molar-refractivity contribution < 1.29 is 19.4 Å². The van der Waals surface area contributed by atoms with Crippen LogP contribution >= 0.6 is 0 Å². The van der Waals surface area contributed by atoms with Gasteiger partial charge in [-0.1, -0.05) is 18.6 Å². The van der Waals surface area contributed by atoms with E-state index >= 15 is 0 Å². The van der Waals surface area contributed by atoms with E-state index in [0.29, 0.717) is 24.7 Å². The molecule has 2 aliphatic rings. The molecule has 2 fully saturated rings. The molecule has 1 aromatic rings. The fourth-order valence-corrected chi connectivity index (χ4v) is 3.28. The Morgan fingerprint density at radius 3 is 2.39 bits per heavy atom. The first kappa shape index (κ1) is 16.0. The topological polar surface area (TPSA) is 75.6 Å². The molecule has 1 aromatic carbocycles. The zero-order valence-corrected chi connectivity index (χ0v) is 13.2. The van der Waals surface area contributed by atoms with Crippen molar-refractivity contribution in [2.75, 3.05) is 13.2 Å². The third kappa shape index (κ3) is 3.72. The van der Waals surface area contributed by atoms with Crippen molar-refractivity contribution in [3.8, 4) is 0 Å². The van der Waals surface area contributed by atoms with Crippen LogP contribution in [0.5, 0.6) is 0 Å². The third-order valence-corrected chi connectivity index (χ3v) is 4.97. The van der Waals surface area contributed by atoms with Crippen LogP contribution in [0.25, 0.3) is 0 Å². The minimum atomic E-state index is -1.00. The lowest BCUT2D eigenvalue weighted by atomic mass is 9.80. The van der Waals surface area contributed by atoms with Gasteiger partial charge in [0.2, 0.25) is 0 Å². The molecule has 1 amide bonds. The molecule has 0 spiro atoms. The smallest absolute Gasteiger partial charge is 0.326 e. The number of rotatable bonds is 5. The highest BCUT2D eigenvalue weighted by atomic mass is 16.5. The molecule has 0 aromatic heterocycles. The highest BCUT2D eigenvalue weighted by Crippen LogP contribution is 2.36. The van der Waals surface area contributed by atoms with Crippen LogP contribution in [0, 0.1) is 5.92 Å². The molecule has 23 heavy (non-hydrogen) atoms. The van der Waals surface area contributed by atoms with Crippen LogP contribution in [0.4, 0.5) is 0 Å². The summed E-state index contributed by atoms with van der Waals surface area (Å²) in [7, 11) is 0. The summed E-state index contributed by atoms with van der Waals surface area (Å²) in [5.41, 5.74) is 1.78. The number of benzene rings is 1. The van der Waals surface area contributed by atoms with E-state index in [1.54, 1.807) is 12.1 Å². The van der Waals surface area contributed by atoms with Gasteiger partial charge in [0.05, 0.1) is 6.61 Å². The largest absolute Gasteiger partial charge is 0.480 e. The standard InChI is InChI=1S/C18H23NO4/c20-17(14-8-6-13(7-9-14)12-3-1-4-12)19-16(18(21)22)15-5-2-10-23-11-15/h6-9,12,15-16H,1-5,10-11H2,(H,19,20)(H,21,22). The fourth-order valence-electron chi connectivity index (χ4n) is 3.28. The normalized spacial score (nSPS) is 22.9. The van der Waals surface area contributed by atoms with E-state index in [4.69, 9.17) is 4.74 Å². The molecule has 5 nitrogen and oxygen atoms in total. The summed E-state index contributed by atoms with van der Waals surface area (Å²) < 4.78 is 5.35. The molecule has 0 bridgehead atoms. The van der Waals surface area contributed by atoms with Crippen LogP contribution < -0.4 is 5.32 Å². The van der Waals surface area contributed by atoms with Gasteiger partial charge in [-0.2, -0.15) is 0 Å². The van der Waals surface area contributed by atoms with Gasteiger partial charge in [-0.3, -0.25) is 4.79 Å². The second-order valence-corrected chi connectivity index (χ2v) is 6.52. The third-order valence-electron chi connectivity index (χ3n) is 4.97. The van der Waals surface area contributed by atoms with Crippen molar-refractivity contribution in [3.05, 3.63) is 35.4 Å². The van der Waals surface area contributed by atoms with Crippen molar-refractivity contribution in [3.63, 3.8) is 0 Å². The van der Waals surface area contributed by atoms with Gasteiger partial charge in [-0.15, -0.1) is 0 Å². The Morgan fingerprint density at radius 1 is 1.13 bits per heavy atom. The average Bonchev–Trinajstić information content (AvgIpc) is 2.52. The van der Waals surface area contributed by atoms with Crippen molar-refractivity contribution in [2.24, 2.45) is 5.92 Å². The molecule has 2 atom stereocenters. The second-order valence-electron chi connectivity index (χ2n) is 6.52. The molecule has 2 N–H and O–H groups in total. The molecule has 1 aliphatic carbocycles. The molecule has 124 valence electrons. The molecule has 1 saturated heterocycles. The Morgan fingerprint density at radius 2 is 1.87 bits per heavy atom. The van der Waals surface area contributed by atoms with Crippen molar-refractivity contribution in [1.82, 2.24) is 5.32 Å². The van der Waals surface area contributed by atoms with E-state index in [2.05, 4.69) is 5.32 Å². The fraction of sp³-hybridized carbons (Fsp3) is 0.556. The van der Waals surface area contributed by atoms with E-state index < -0.39 is 12.0 Å². The highest BCUT2D eigenvalue weighted by molar-refractivity contribution is 5.96. The lowest BCUT2D eigenvalue weighted by molar-refractivity contribution is -0.142. The minimum absolute atomic E-state index is 0.167. The number of carboxylic acid groups (broad SMARTS) is 1. The zero-order chi connectivity index (χ0) is 16.2. The van der Waals surface area contributed by atoms with Gasteiger partial charge in [0.1, 0.15) is 6.04 Å². The SMILES string of the molecule is O=C(NC(C(=O)O)C1CCCOC1)c1ccc(C2CCC2)cc1. The number of ether oxygens (including phenoxy) is 1. The van der Waals surface area contributed by atoms with Gasteiger partial charge in [0.25, 0.3) is 5.91 Å². The Bertz CT molecular complexity index is 559. The molecule has 3 rings (SSSR count). The lowest BCUT2D eigenvalue weighted by Gasteiger charge is -2.28. The number of carbonyl (C=O) groups is 2. The van der Waals surface area contributed by atoms with E-state index in [1.165, 1.54) is 24.8 Å². The second kappa shape index (κ2) is 7.13. The maximum absolute atomic E-state index is 12.4. The summed E-state index contributed by atoms with van der Waals surface area (Å²) in [5.74, 6) is -0.874. The average molecular weight is 317 g/mol. The first-order valence-electron chi connectivity index (χ1n) is 8.36. The Balaban J connectivity index is 1.64. The van der Waals surface area contributed by atoms with Gasteiger partial charge < -0.3 is 15.2 Å². The van der Waals surface area contributed by atoms with Crippen LogP contribution in [-0.2, 0) is 9.53 Å². The summed E-state index contributed by atoms with van der Waals surface area (Å²) in [6, 6.07) is 6.66. The van der Waals surface area contributed by atoms with Gasteiger partial charge in [-0.05, 0) is 49.3 Å². The van der Waals surface area contributed by atoms with Gasteiger partial charge in [-0.25, -0.2) is 4.79 Å². The Kier molecular flexibility index (Phi) is 4.96. The van der Waals surface area contributed by atoms with Crippen LogP contribution in [0.1, 0.15) is 53.9 Å². The molecule has 0 radical (unpaired) electrons. The summed E-state index contributed by atoms with van der Waals surface area (Å²) in [5, 5.41) is 12.1. The maximum atomic E-state index is 12.4. The number of carbonyl (C=O) groups excluding carboxylic acids is 1. The first-order chi connectivity index (χ1) is 11.1. The predicted octanol–water partition coefficient (Wildman–Crippen LogP) is 2.56. The molecular formula is C18H23NO4. The molecule has 1 aliphatic heterocycles. The van der Waals surface area contributed by atoms with Crippen LogP contribution in [0.3, 0.4) is 0 Å². The molecule has 5 heteroatoms. The van der Waals surface area contributed by atoms with Crippen molar-refractivity contribution in [2.45, 2.75) is 44.1 Å². The van der Waals surface area contributed by atoms with E-state index in [9.17, 15) is 14.7 Å².